The van der Waals surface area contributed by atoms with Crippen LogP contribution in [0.4, 0.5) is 11.6 Å². The van der Waals surface area contributed by atoms with Crippen LogP contribution in [0, 0.1) is 0 Å². The van der Waals surface area contributed by atoms with Crippen molar-refractivity contribution in [2.45, 2.75) is 19.5 Å². The molecule has 1 aliphatic rings. The van der Waals surface area contributed by atoms with Crippen LogP contribution in [0.15, 0.2) is 42.6 Å². The number of aromatic nitrogens is 2. The summed E-state index contributed by atoms with van der Waals surface area (Å²) >= 11 is 0. The smallest absolute Gasteiger partial charge is 0.227 e. The Labute approximate surface area is 188 Å². The highest BCUT2D eigenvalue weighted by atomic mass is 16.5. The van der Waals surface area contributed by atoms with Gasteiger partial charge < -0.3 is 24.3 Å². The van der Waals surface area contributed by atoms with Gasteiger partial charge in [-0.2, -0.15) is 0 Å². The highest BCUT2D eigenvalue weighted by Crippen LogP contribution is 2.31. The Bertz CT molecular complexity index is 1090. The van der Waals surface area contributed by atoms with Gasteiger partial charge in [0.1, 0.15) is 23.0 Å². The highest BCUT2D eigenvalue weighted by Gasteiger charge is 2.20. The maximum atomic E-state index is 5.55. The molecule has 0 fully saturated rings. The van der Waals surface area contributed by atoms with Gasteiger partial charge in [-0.15, -0.1) is 0 Å². The van der Waals surface area contributed by atoms with Crippen molar-refractivity contribution in [3.8, 4) is 23.0 Å². The monoisotopic (exact) mass is 436 g/mol. The Balaban J connectivity index is 1.46. The van der Waals surface area contributed by atoms with Crippen LogP contribution in [-0.4, -0.2) is 49.9 Å². The van der Waals surface area contributed by atoms with Gasteiger partial charge in [0.05, 0.1) is 39.8 Å². The molecule has 168 valence electrons. The molecule has 3 aromatic rings. The SMILES string of the molecule is COc1ccc(CN2CCc3nc(Nc4ccc(OC)cc4OC)ncc3C2)c(OC)c1. The Morgan fingerprint density at radius 2 is 1.62 bits per heavy atom. The molecule has 0 unspecified atom stereocenters. The summed E-state index contributed by atoms with van der Waals surface area (Å²) in [6, 6.07) is 11.5. The average Bonchev–Trinajstić information content (AvgIpc) is 2.84. The molecule has 32 heavy (non-hydrogen) atoms. The molecular weight excluding hydrogens is 408 g/mol. The summed E-state index contributed by atoms with van der Waals surface area (Å²) in [6.07, 6.45) is 2.75. The van der Waals surface area contributed by atoms with E-state index in [0.717, 1.165) is 65.8 Å². The van der Waals surface area contributed by atoms with E-state index in [2.05, 4.69) is 21.3 Å². The zero-order valence-corrected chi connectivity index (χ0v) is 18.8. The van der Waals surface area contributed by atoms with Gasteiger partial charge in [-0.1, -0.05) is 6.07 Å². The fourth-order valence-corrected chi connectivity index (χ4v) is 3.82. The summed E-state index contributed by atoms with van der Waals surface area (Å²) in [6.45, 7) is 2.48. The van der Waals surface area contributed by atoms with E-state index in [4.69, 9.17) is 23.9 Å². The first-order valence-corrected chi connectivity index (χ1v) is 10.4. The average molecular weight is 437 g/mol. The van der Waals surface area contributed by atoms with Crippen molar-refractivity contribution < 1.29 is 18.9 Å². The number of methoxy groups -OCH3 is 4. The van der Waals surface area contributed by atoms with E-state index in [-0.39, 0.29) is 0 Å². The molecule has 1 aliphatic heterocycles. The minimum atomic E-state index is 0.553. The summed E-state index contributed by atoms with van der Waals surface area (Å²) in [5.41, 5.74) is 4.11. The summed E-state index contributed by atoms with van der Waals surface area (Å²) in [7, 11) is 6.59. The van der Waals surface area contributed by atoms with E-state index in [0.29, 0.717) is 11.7 Å². The molecule has 0 aliphatic carbocycles. The van der Waals surface area contributed by atoms with Gasteiger partial charge in [0, 0.05) is 55.5 Å². The third kappa shape index (κ3) is 4.70. The van der Waals surface area contributed by atoms with Crippen molar-refractivity contribution in [3.05, 3.63) is 59.4 Å². The molecule has 0 saturated heterocycles. The van der Waals surface area contributed by atoms with E-state index in [9.17, 15) is 0 Å². The second-order valence-electron chi connectivity index (χ2n) is 7.50. The predicted octanol–water partition coefficient (Wildman–Crippen LogP) is 3.81. The number of fused-ring (bicyclic) bond motifs is 1. The minimum absolute atomic E-state index is 0.553. The first-order valence-electron chi connectivity index (χ1n) is 10.4. The quantitative estimate of drug-likeness (QED) is 0.571. The van der Waals surface area contributed by atoms with E-state index in [1.165, 1.54) is 0 Å². The third-order valence-corrected chi connectivity index (χ3v) is 5.56. The van der Waals surface area contributed by atoms with Gasteiger partial charge in [0.2, 0.25) is 5.95 Å². The van der Waals surface area contributed by atoms with Crippen LogP contribution in [0.3, 0.4) is 0 Å². The Kier molecular flexibility index (Phi) is 6.61. The van der Waals surface area contributed by atoms with Gasteiger partial charge >= 0.3 is 0 Å². The third-order valence-electron chi connectivity index (χ3n) is 5.56. The predicted molar refractivity (Wildman–Crippen MR) is 122 cm³/mol. The number of nitrogens with one attached hydrogen (secondary N) is 1. The largest absolute Gasteiger partial charge is 0.497 e. The minimum Gasteiger partial charge on any atom is -0.497 e. The van der Waals surface area contributed by atoms with Crippen molar-refractivity contribution in [1.29, 1.82) is 0 Å². The lowest BCUT2D eigenvalue weighted by molar-refractivity contribution is 0.239. The normalized spacial score (nSPS) is 13.2. The van der Waals surface area contributed by atoms with Crippen LogP contribution in [0.25, 0.3) is 0 Å². The van der Waals surface area contributed by atoms with Gasteiger partial charge in [-0.25, -0.2) is 9.97 Å². The number of benzene rings is 2. The summed E-state index contributed by atoms with van der Waals surface area (Å²) in [4.78, 5) is 11.6. The maximum Gasteiger partial charge on any atom is 0.227 e. The fraction of sp³-hybridized carbons (Fsp3) is 0.333. The number of anilines is 2. The number of rotatable bonds is 8. The molecule has 1 N–H and O–H groups in total. The first-order chi connectivity index (χ1) is 15.6. The molecular formula is C24H28N4O4. The summed E-state index contributed by atoms with van der Waals surface area (Å²) < 4.78 is 21.6. The molecule has 8 nitrogen and oxygen atoms in total. The molecule has 0 radical (unpaired) electrons. The van der Waals surface area contributed by atoms with E-state index >= 15 is 0 Å². The second-order valence-corrected chi connectivity index (χ2v) is 7.50. The molecule has 2 heterocycles. The second kappa shape index (κ2) is 9.74. The zero-order valence-electron chi connectivity index (χ0n) is 18.8. The Morgan fingerprint density at radius 3 is 2.34 bits per heavy atom. The molecule has 2 aromatic carbocycles. The fourth-order valence-electron chi connectivity index (χ4n) is 3.82. The summed E-state index contributed by atoms with van der Waals surface area (Å²) in [5.74, 6) is 3.58. The Morgan fingerprint density at radius 1 is 0.906 bits per heavy atom. The van der Waals surface area contributed by atoms with Crippen LogP contribution < -0.4 is 24.3 Å². The van der Waals surface area contributed by atoms with Crippen LogP contribution >= 0.6 is 0 Å². The van der Waals surface area contributed by atoms with Gasteiger partial charge in [-0.05, 0) is 18.2 Å². The first kappa shape index (κ1) is 21.7. The van der Waals surface area contributed by atoms with Crippen molar-refractivity contribution >= 4 is 11.6 Å². The zero-order chi connectivity index (χ0) is 22.5. The number of nitrogens with zero attached hydrogens (tertiary/aromatic N) is 3. The maximum absolute atomic E-state index is 5.55. The van der Waals surface area contributed by atoms with Crippen molar-refractivity contribution in [3.63, 3.8) is 0 Å². The molecule has 0 saturated carbocycles. The molecule has 0 spiro atoms. The molecule has 8 heteroatoms. The van der Waals surface area contributed by atoms with Crippen molar-refractivity contribution in [1.82, 2.24) is 14.9 Å². The lowest BCUT2D eigenvalue weighted by Crippen LogP contribution is -2.31. The van der Waals surface area contributed by atoms with Crippen LogP contribution in [0.1, 0.15) is 16.8 Å². The van der Waals surface area contributed by atoms with Crippen LogP contribution in [0.5, 0.6) is 23.0 Å². The molecule has 0 amide bonds. The van der Waals surface area contributed by atoms with E-state index in [1.807, 2.05) is 36.5 Å². The van der Waals surface area contributed by atoms with Crippen LogP contribution in [0.2, 0.25) is 0 Å². The standard InChI is InChI=1S/C24H28N4O4/c1-29-18-6-5-16(22(11-18)31-3)14-28-10-9-20-17(15-28)13-25-24(26-20)27-21-8-7-19(30-2)12-23(21)32-4/h5-8,11-13H,9-10,14-15H2,1-4H3,(H,25,26,27). The van der Waals surface area contributed by atoms with Gasteiger partial charge in [-0.3, -0.25) is 4.90 Å². The molecule has 1 aromatic heterocycles. The number of hydrogen-bond acceptors (Lipinski definition) is 8. The van der Waals surface area contributed by atoms with Gasteiger partial charge in [0.25, 0.3) is 0 Å². The molecule has 4 rings (SSSR count). The molecule has 0 atom stereocenters. The lowest BCUT2D eigenvalue weighted by Gasteiger charge is -2.28. The van der Waals surface area contributed by atoms with E-state index < -0.39 is 0 Å². The lowest BCUT2D eigenvalue weighted by atomic mass is 10.1. The number of ether oxygens (including phenoxy) is 4. The van der Waals surface area contributed by atoms with Crippen LogP contribution in [-0.2, 0) is 19.5 Å². The molecule has 0 bridgehead atoms. The van der Waals surface area contributed by atoms with E-state index in [1.54, 1.807) is 28.4 Å². The Hall–Kier alpha value is -3.52. The van der Waals surface area contributed by atoms with Crippen molar-refractivity contribution in [2.75, 3.05) is 40.3 Å². The van der Waals surface area contributed by atoms with Gasteiger partial charge in [0.15, 0.2) is 0 Å². The number of hydrogen-bond donors (Lipinski definition) is 1. The topological polar surface area (TPSA) is 78.0 Å². The highest BCUT2D eigenvalue weighted by molar-refractivity contribution is 5.64. The van der Waals surface area contributed by atoms with Crippen molar-refractivity contribution in [2.24, 2.45) is 0 Å². The summed E-state index contributed by atoms with van der Waals surface area (Å²) in [5, 5.41) is 3.26.